The zero-order valence-electron chi connectivity index (χ0n) is 12.4. The molecule has 108 valence electrons. The third-order valence-corrected chi connectivity index (χ3v) is 3.20. The number of benzene rings is 1. The second-order valence-corrected chi connectivity index (χ2v) is 4.55. The molecule has 1 aromatic heterocycles. The van der Waals surface area contributed by atoms with Gasteiger partial charge in [-0.05, 0) is 18.6 Å². The van der Waals surface area contributed by atoms with Crippen molar-refractivity contribution in [2.24, 2.45) is 7.05 Å². The molecule has 2 rings (SSSR count). The Morgan fingerprint density at radius 2 is 2.05 bits per heavy atom. The first-order valence-electron chi connectivity index (χ1n) is 6.65. The average molecular weight is 275 g/mol. The van der Waals surface area contributed by atoms with Crippen molar-refractivity contribution in [2.45, 2.75) is 19.9 Å². The van der Waals surface area contributed by atoms with Gasteiger partial charge in [-0.15, -0.1) is 0 Å². The van der Waals surface area contributed by atoms with E-state index in [1.165, 1.54) is 5.56 Å². The fourth-order valence-electron chi connectivity index (χ4n) is 2.16. The van der Waals surface area contributed by atoms with E-state index in [9.17, 15) is 0 Å². The summed E-state index contributed by atoms with van der Waals surface area (Å²) in [6.45, 7) is 2.83. The second-order valence-electron chi connectivity index (χ2n) is 4.55. The lowest BCUT2D eigenvalue weighted by atomic mass is 10.2. The number of anilines is 1. The summed E-state index contributed by atoms with van der Waals surface area (Å²) < 4.78 is 12.4. The van der Waals surface area contributed by atoms with E-state index in [0.29, 0.717) is 0 Å². The Morgan fingerprint density at radius 1 is 1.25 bits per heavy atom. The quantitative estimate of drug-likeness (QED) is 0.880. The van der Waals surface area contributed by atoms with Crippen molar-refractivity contribution >= 4 is 5.69 Å². The minimum Gasteiger partial charge on any atom is -0.497 e. The van der Waals surface area contributed by atoms with Gasteiger partial charge in [-0.3, -0.25) is 4.68 Å². The van der Waals surface area contributed by atoms with Gasteiger partial charge in [-0.25, -0.2) is 0 Å². The van der Waals surface area contributed by atoms with Crippen molar-refractivity contribution in [3.63, 3.8) is 0 Å². The lowest BCUT2D eigenvalue weighted by molar-refractivity contribution is 0.395. The van der Waals surface area contributed by atoms with Gasteiger partial charge in [0.15, 0.2) is 0 Å². The summed E-state index contributed by atoms with van der Waals surface area (Å²) in [7, 11) is 5.24. The predicted octanol–water partition coefficient (Wildman–Crippen LogP) is 2.61. The fourth-order valence-corrected chi connectivity index (χ4v) is 2.16. The molecule has 0 fully saturated rings. The van der Waals surface area contributed by atoms with Crippen LogP contribution in [-0.4, -0.2) is 24.0 Å². The van der Waals surface area contributed by atoms with Crippen molar-refractivity contribution in [2.75, 3.05) is 19.5 Å². The van der Waals surface area contributed by atoms with E-state index in [0.717, 1.165) is 35.8 Å². The predicted molar refractivity (Wildman–Crippen MR) is 79.5 cm³/mol. The van der Waals surface area contributed by atoms with E-state index >= 15 is 0 Å². The summed E-state index contributed by atoms with van der Waals surface area (Å²) in [4.78, 5) is 0. The smallest absolute Gasteiger partial charge is 0.145 e. The van der Waals surface area contributed by atoms with Gasteiger partial charge in [-0.1, -0.05) is 6.92 Å². The molecule has 0 unspecified atom stereocenters. The van der Waals surface area contributed by atoms with Crippen LogP contribution in [0.25, 0.3) is 0 Å². The Hall–Kier alpha value is -2.17. The number of hydrogen-bond donors (Lipinski definition) is 1. The van der Waals surface area contributed by atoms with Gasteiger partial charge >= 0.3 is 0 Å². The summed E-state index contributed by atoms with van der Waals surface area (Å²) in [6.07, 6.45) is 2.97. The molecule has 0 bridgehead atoms. The number of ether oxygens (including phenoxy) is 2. The molecule has 0 spiro atoms. The van der Waals surface area contributed by atoms with E-state index in [2.05, 4.69) is 17.3 Å². The van der Waals surface area contributed by atoms with Gasteiger partial charge in [0.2, 0.25) is 0 Å². The number of rotatable bonds is 6. The molecule has 0 atom stereocenters. The molecule has 2 aromatic rings. The number of aromatic nitrogens is 2. The molecule has 1 aromatic carbocycles. The second kappa shape index (κ2) is 6.32. The Morgan fingerprint density at radius 3 is 2.70 bits per heavy atom. The highest BCUT2D eigenvalue weighted by Crippen LogP contribution is 2.29. The minimum atomic E-state index is 0.722. The molecule has 20 heavy (non-hydrogen) atoms. The Kier molecular flexibility index (Phi) is 4.50. The molecule has 0 aliphatic carbocycles. The number of methoxy groups -OCH3 is 2. The van der Waals surface area contributed by atoms with Crippen molar-refractivity contribution in [1.82, 2.24) is 9.78 Å². The van der Waals surface area contributed by atoms with Crippen LogP contribution in [0, 0.1) is 0 Å². The fraction of sp³-hybridized carbons (Fsp3) is 0.400. The van der Waals surface area contributed by atoms with E-state index < -0.39 is 0 Å². The van der Waals surface area contributed by atoms with Crippen LogP contribution in [0.15, 0.2) is 24.4 Å². The summed E-state index contributed by atoms with van der Waals surface area (Å²) in [6, 6.07) is 5.74. The van der Waals surface area contributed by atoms with Gasteiger partial charge < -0.3 is 14.8 Å². The van der Waals surface area contributed by atoms with E-state index in [4.69, 9.17) is 9.47 Å². The van der Waals surface area contributed by atoms with Crippen LogP contribution in [-0.2, 0) is 20.0 Å². The maximum atomic E-state index is 5.37. The van der Waals surface area contributed by atoms with Crippen LogP contribution in [0.2, 0.25) is 0 Å². The monoisotopic (exact) mass is 275 g/mol. The van der Waals surface area contributed by atoms with Crippen LogP contribution in [0.5, 0.6) is 11.5 Å². The topological polar surface area (TPSA) is 48.3 Å². The van der Waals surface area contributed by atoms with Gasteiger partial charge in [0, 0.05) is 31.4 Å². The van der Waals surface area contributed by atoms with Crippen molar-refractivity contribution in [3.8, 4) is 11.5 Å². The highest BCUT2D eigenvalue weighted by atomic mass is 16.5. The Balaban J connectivity index is 2.14. The maximum Gasteiger partial charge on any atom is 0.145 e. The molecule has 0 aliphatic heterocycles. The van der Waals surface area contributed by atoms with Crippen LogP contribution < -0.4 is 14.8 Å². The molecule has 5 nitrogen and oxygen atoms in total. The third-order valence-electron chi connectivity index (χ3n) is 3.20. The molecule has 0 saturated carbocycles. The summed E-state index contributed by atoms with van der Waals surface area (Å²) in [5, 5.41) is 7.82. The lowest BCUT2D eigenvalue weighted by Gasteiger charge is -2.12. The first kappa shape index (κ1) is 14.2. The first-order valence-corrected chi connectivity index (χ1v) is 6.65. The van der Waals surface area contributed by atoms with Gasteiger partial charge in [0.25, 0.3) is 0 Å². The third kappa shape index (κ3) is 3.04. The highest BCUT2D eigenvalue weighted by molar-refractivity contribution is 5.59. The normalized spacial score (nSPS) is 10.4. The van der Waals surface area contributed by atoms with Crippen LogP contribution in [0.1, 0.15) is 18.2 Å². The summed E-state index contributed by atoms with van der Waals surface area (Å²) >= 11 is 0. The molecule has 0 radical (unpaired) electrons. The standard InChI is InChI=1S/C15H21N3O2/c1-5-13-11(10-18(2)17-13)9-16-14-7-6-12(19-3)8-15(14)20-4/h6-8,10,16H,5,9H2,1-4H3. The van der Waals surface area contributed by atoms with Gasteiger partial charge in [-0.2, -0.15) is 5.10 Å². The van der Waals surface area contributed by atoms with Crippen molar-refractivity contribution in [3.05, 3.63) is 35.7 Å². The minimum absolute atomic E-state index is 0.722. The van der Waals surface area contributed by atoms with Crippen LogP contribution in [0.4, 0.5) is 5.69 Å². The van der Waals surface area contributed by atoms with Gasteiger partial charge in [0.05, 0.1) is 25.6 Å². The van der Waals surface area contributed by atoms with Gasteiger partial charge in [0.1, 0.15) is 11.5 Å². The Labute approximate surface area is 119 Å². The van der Waals surface area contributed by atoms with E-state index in [-0.39, 0.29) is 0 Å². The SMILES string of the molecule is CCc1nn(C)cc1CNc1ccc(OC)cc1OC. The summed E-state index contributed by atoms with van der Waals surface area (Å²) in [5.41, 5.74) is 3.26. The zero-order chi connectivity index (χ0) is 14.5. The molecule has 5 heteroatoms. The molecule has 0 aliphatic rings. The number of aryl methyl sites for hydroxylation is 2. The van der Waals surface area contributed by atoms with Crippen LogP contribution >= 0.6 is 0 Å². The zero-order valence-corrected chi connectivity index (χ0v) is 12.4. The molecular formula is C15H21N3O2. The highest BCUT2D eigenvalue weighted by Gasteiger charge is 2.08. The van der Waals surface area contributed by atoms with Crippen molar-refractivity contribution < 1.29 is 9.47 Å². The van der Waals surface area contributed by atoms with Crippen LogP contribution in [0.3, 0.4) is 0 Å². The molecule has 0 amide bonds. The average Bonchev–Trinajstić information content (AvgIpc) is 2.85. The lowest BCUT2D eigenvalue weighted by Crippen LogP contribution is -2.03. The maximum absolute atomic E-state index is 5.37. The number of nitrogens with one attached hydrogen (secondary N) is 1. The molecular weight excluding hydrogens is 254 g/mol. The Bertz CT molecular complexity index is 578. The first-order chi connectivity index (χ1) is 9.67. The molecule has 1 N–H and O–H groups in total. The van der Waals surface area contributed by atoms with Crippen molar-refractivity contribution in [1.29, 1.82) is 0 Å². The number of nitrogens with zero attached hydrogens (tertiary/aromatic N) is 2. The number of hydrogen-bond acceptors (Lipinski definition) is 4. The molecule has 1 heterocycles. The molecule has 0 saturated heterocycles. The van der Waals surface area contributed by atoms with E-state index in [1.807, 2.05) is 36.1 Å². The largest absolute Gasteiger partial charge is 0.497 e. The van der Waals surface area contributed by atoms with E-state index in [1.54, 1.807) is 14.2 Å². The summed E-state index contributed by atoms with van der Waals surface area (Å²) in [5.74, 6) is 1.55.